The average molecular weight is 375 g/mol. The lowest BCUT2D eigenvalue weighted by molar-refractivity contribution is 0.101. The van der Waals surface area contributed by atoms with E-state index < -0.39 is 0 Å². The van der Waals surface area contributed by atoms with Crippen LogP contribution in [0.25, 0.3) is 16.6 Å². The molecule has 5 rings (SSSR count). The molecular weight excluding hydrogens is 356 g/mol. The Morgan fingerprint density at radius 2 is 1.81 bits per heavy atom. The highest BCUT2D eigenvalue weighted by Crippen LogP contribution is 2.47. The molecule has 0 N–H and O–H groups in total. The van der Waals surface area contributed by atoms with Crippen LogP contribution in [0.3, 0.4) is 0 Å². The number of hydrogen-bond donors (Lipinski definition) is 0. The first-order chi connectivity index (χ1) is 12.8. The van der Waals surface area contributed by atoms with E-state index in [1.165, 1.54) is 0 Å². The number of allylic oxidation sites excluding steroid dienone is 1. The smallest absolute Gasteiger partial charge is 0.264 e. The van der Waals surface area contributed by atoms with Gasteiger partial charge >= 0.3 is 0 Å². The second-order valence-corrected chi connectivity index (χ2v) is 8.58. The maximum atomic E-state index is 13.6. The Morgan fingerprint density at radius 3 is 2.56 bits per heavy atom. The molecular formula is C23H19ClN2O. The molecule has 0 spiro atoms. The molecule has 1 aromatic heterocycles. The van der Waals surface area contributed by atoms with Gasteiger partial charge in [0.15, 0.2) is 0 Å². The normalized spacial score (nSPS) is 17.3. The van der Waals surface area contributed by atoms with E-state index >= 15 is 0 Å². The quantitative estimate of drug-likeness (QED) is 0.540. The second-order valence-electron chi connectivity index (χ2n) is 8.14. The SMILES string of the molecule is Cc1ccc2nc3c4c(c2c1)C(=O)N(c1ccc(Cl)cc1)C4=CC(C)(C)C3. The molecule has 0 saturated heterocycles. The van der Waals surface area contributed by atoms with Crippen molar-refractivity contribution in [3.63, 3.8) is 0 Å². The minimum Gasteiger partial charge on any atom is -0.277 e. The summed E-state index contributed by atoms with van der Waals surface area (Å²) < 4.78 is 0. The standard InChI is InChI=1S/C23H19ClN2O/c1-13-4-9-17-16(10-13)20-21-18(25-17)11-23(2,3)12-19(21)26(22(20)27)15-7-5-14(24)6-8-15/h4-10,12H,11H2,1-3H3. The Bertz CT molecular complexity index is 1160. The molecule has 0 bridgehead atoms. The van der Waals surface area contributed by atoms with Crippen LogP contribution in [-0.4, -0.2) is 10.9 Å². The molecule has 2 aromatic carbocycles. The van der Waals surface area contributed by atoms with Crippen LogP contribution in [0, 0.1) is 12.3 Å². The molecule has 0 unspecified atom stereocenters. The third-order valence-corrected chi connectivity index (χ3v) is 5.62. The highest BCUT2D eigenvalue weighted by Gasteiger charge is 2.42. The number of carbonyl (C=O) groups excluding carboxylic acids is 1. The summed E-state index contributed by atoms with van der Waals surface area (Å²) in [4.78, 5) is 20.3. The van der Waals surface area contributed by atoms with Crippen LogP contribution in [-0.2, 0) is 6.42 Å². The minimum atomic E-state index is -0.0692. The van der Waals surface area contributed by atoms with Gasteiger partial charge in [0.1, 0.15) is 0 Å². The van der Waals surface area contributed by atoms with Crippen LogP contribution in [0.5, 0.6) is 0 Å². The number of rotatable bonds is 1. The van der Waals surface area contributed by atoms with E-state index in [4.69, 9.17) is 16.6 Å². The zero-order valence-electron chi connectivity index (χ0n) is 15.5. The second kappa shape index (κ2) is 5.43. The molecule has 2 heterocycles. The predicted molar refractivity (Wildman–Crippen MR) is 110 cm³/mol. The van der Waals surface area contributed by atoms with E-state index in [0.717, 1.165) is 51.1 Å². The Balaban J connectivity index is 1.85. The van der Waals surface area contributed by atoms with Gasteiger partial charge in [-0.2, -0.15) is 0 Å². The summed E-state index contributed by atoms with van der Waals surface area (Å²) in [6, 6.07) is 13.6. The monoisotopic (exact) mass is 374 g/mol. The molecule has 3 aromatic rings. The third kappa shape index (κ3) is 2.42. The summed E-state index contributed by atoms with van der Waals surface area (Å²) in [7, 11) is 0. The van der Waals surface area contributed by atoms with Crippen molar-refractivity contribution < 1.29 is 4.79 Å². The van der Waals surface area contributed by atoms with Gasteiger partial charge in [0.25, 0.3) is 5.91 Å². The maximum absolute atomic E-state index is 13.6. The number of fused-ring (bicyclic) bond motifs is 2. The van der Waals surface area contributed by atoms with Crippen LogP contribution >= 0.6 is 11.6 Å². The van der Waals surface area contributed by atoms with Crippen LogP contribution in [0.15, 0.2) is 48.5 Å². The highest BCUT2D eigenvalue weighted by molar-refractivity contribution is 6.31. The Labute approximate surface area is 163 Å². The van der Waals surface area contributed by atoms with Gasteiger partial charge < -0.3 is 0 Å². The summed E-state index contributed by atoms with van der Waals surface area (Å²) >= 11 is 6.06. The topological polar surface area (TPSA) is 33.2 Å². The van der Waals surface area contributed by atoms with Crippen molar-refractivity contribution in [1.29, 1.82) is 0 Å². The van der Waals surface area contributed by atoms with Gasteiger partial charge in [-0.15, -0.1) is 0 Å². The van der Waals surface area contributed by atoms with Gasteiger partial charge in [-0.3, -0.25) is 14.7 Å². The van der Waals surface area contributed by atoms with Gasteiger partial charge in [0.2, 0.25) is 0 Å². The molecule has 0 fully saturated rings. The summed E-state index contributed by atoms with van der Waals surface area (Å²) in [5.74, 6) is 0.00974. The molecule has 2 aliphatic rings. The van der Waals surface area contributed by atoms with Gasteiger partial charge in [0.05, 0.1) is 22.5 Å². The van der Waals surface area contributed by atoms with Crippen molar-refractivity contribution >= 4 is 39.8 Å². The van der Waals surface area contributed by atoms with Crippen molar-refractivity contribution in [2.75, 3.05) is 4.90 Å². The molecule has 1 aliphatic carbocycles. The number of halogens is 1. The fourth-order valence-electron chi connectivity index (χ4n) is 4.22. The van der Waals surface area contributed by atoms with Crippen molar-refractivity contribution in [2.45, 2.75) is 27.2 Å². The summed E-state index contributed by atoms with van der Waals surface area (Å²) in [6.45, 7) is 6.42. The number of hydrogen-bond acceptors (Lipinski definition) is 2. The Kier molecular flexibility index (Phi) is 3.32. The lowest BCUT2D eigenvalue weighted by Gasteiger charge is -2.30. The van der Waals surface area contributed by atoms with E-state index in [1.54, 1.807) is 0 Å². The van der Waals surface area contributed by atoms with E-state index in [-0.39, 0.29) is 11.3 Å². The summed E-state index contributed by atoms with van der Waals surface area (Å²) in [5.41, 5.74) is 6.49. The molecule has 134 valence electrons. The average Bonchev–Trinajstić information content (AvgIpc) is 2.89. The lowest BCUT2D eigenvalue weighted by Crippen LogP contribution is -2.26. The van der Waals surface area contributed by atoms with Gasteiger partial charge in [0, 0.05) is 21.7 Å². The molecule has 1 amide bonds. The van der Waals surface area contributed by atoms with Crippen LogP contribution in [0.4, 0.5) is 5.69 Å². The molecule has 27 heavy (non-hydrogen) atoms. The van der Waals surface area contributed by atoms with Gasteiger partial charge in [-0.1, -0.05) is 43.2 Å². The van der Waals surface area contributed by atoms with Crippen molar-refractivity contribution in [3.05, 3.63) is 75.9 Å². The highest BCUT2D eigenvalue weighted by atomic mass is 35.5. The third-order valence-electron chi connectivity index (χ3n) is 5.36. The predicted octanol–water partition coefficient (Wildman–Crippen LogP) is 5.78. The van der Waals surface area contributed by atoms with Crippen LogP contribution < -0.4 is 4.90 Å². The number of amides is 1. The fourth-order valence-corrected chi connectivity index (χ4v) is 4.35. The summed E-state index contributed by atoms with van der Waals surface area (Å²) in [6.07, 6.45) is 3.03. The number of pyridine rings is 1. The van der Waals surface area contributed by atoms with Crippen LogP contribution in [0.2, 0.25) is 5.02 Å². The molecule has 3 nitrogen and oxygen atoms in total. The molecule has 0 radical (unpaired) electrons. The Morgan fingerprint density at radius 1 is 1.07 bits per heavy atom. The first-order valence-electron chi connectivity index (χ1n) is 9.10. The van der Waals surface area contributed by atoms with E-state index in [1.807, 2.05) is 42.2 Å². The minimum absolute atomic E-state index is 0.00974. The number of nitrogens with zero attached hydrogens (tertiary/aromatic N) is 2. The zero-order valence-corrected chi connectivity index (χ0v) is 16.3. The maximum Gasteiger partial charge on any atom is 0.264 e. The summed E-state index contributed by atoms with van der Waals surface area (Å²) in [5, 5.41) is 1.59. The molecule has 0 atom stereocenters. The number of aromatic nitrogens is 1. The zero-order chi connectivity index (χ0) is 18.9. The largest absolute Gasteiger partial charge is 0.277 e. The Hall–Kier alpha value is -2.65. The molecule has 0 saturated carbocycles. The number of benzene rings is 2. The lowest BCUT2D eigenvalue weighted by atomic mass is 9.79. The van der Waals surface area contributed by atoms with Crippen molar-refractivity contribution in [1.82, 2.24) is 4.98 Å². The number of anilines is 1. The molecule has 1 aliphatic heterocycles. The first kappa shape index (κ1) is 16.5. The van der Waals surface area contributed by atoms with Gasteiger partial charge in [-0.05, 0) is 55.2 Å². The van der Waals surface area contributed by atoms with Crippen molar-refractivity contribution in [2.24, 2.45) is 5.41 Å². The van der Waals surface area contributed by atoms with Crippen molar-refractivity contribution in [3.8, 4) is 0 Å². The van der Waals surface area contributed by atoms with E-state index in [0.29, 0.717) is 5.02 Å². The van der Waals surface area contributed by atoms with E-state index in [2.05, 4.69) is 32.1 Å². The first-order valence-corrected chi connectivity index (χ1v) is 9.48. The van der Waals surface area contributed by atoms with E-state index in [9.17, 15) is 4.79 Å². The fraction of sp³-hybridized carbons (Fsp3) is 0.217. The van der Waals surface area contributed by atoms with Gasteiger partial charge in [-0.25, -0.2) is 0 Å². The number of carbonyl (C=O) groups is 1. The molecule has 4 heteroatoms. The van der Waals surface area contributed by atoms with Crippen LogP contribution in [0.1, 0.15) is 41.0 Å². The number of aryl methyl sites for hydroxylation is 1.